The van der Waals surface area contributed by atoms with Gasteiger partial charge in [-0.1, -0.05) is 17.7 Å². The highest BCUT2D eigenvalue weighted by Crippen LogP contribution is 2.27. The highest BCUT2D eigenvalue weighted by Gasteiger charge is 2.47. The Hall–Kier alpha value is -0.990. The molecule has 7 heteroatoms. The summed E-state index contributed by atoms with van der Waals surface area (Å²) in [5.41, 5.74) is 0.980. The molecule has 2 aliphatic heterocycles. The van der Waals surface area contributed by atoms with Crippen LogP contribution in [0.4, 0.5) is 0 Å². The van der Waals surface area contributed by atoms with Gasteiger partial charge >= 0.3 is 0 Å². The van der Waals surface area contributed by atoms with Crippen LogP contribution < -0.4 is 5.32 Å². The molecule has 0 aliphatic carbocycles. The summed E-state index contributed by atoms with van der Waals surface area (Å²) in [4.78, 5) is 0.130. The molecular weight excluding hydrogens is 282 g/mol. The van der Waals surface area contributed by atoms with Crippen LogP contribution in [0.15, 0.2) is 29.2 Å². The summed E-state index contributed by atoms with van der Waals surface area (Å²) in [7, 11) is -3.82. The van der Waals surface area contributed by atoms with Gasteiger partial charge in [0.2, 0.25) is 0 Å². The van der Waals surface area contributed by atoms with Crippen molar-refractivity contribution in [3.05, 3.63) is 29.8 Å². The number of ether oxygens (including phenoxy) is 1. The van der Waals surface area contributed by atoms with Gasteiger partial charge in [-0.2, -0.15) is 8.42 Å². The molecular formula is C13H17NO5S. The molecule has 2 heterocycles. The lowest BCUT2D eigenvalue weighted by Gasteiger charge is -2.17. The average molecular weight is 299 g/mol. The molecule has 3 rings (SSSR count). The van der Waals surface area contributed by atoms with Gasteiger partial charge in [0.1, 0.15) is 12.2 Å². The lowest BCUT2D eigenvalue weighted by Crippen LogP contribution is -2.37. The van der Waals surface area contributed by atoms with Crippen molar-refractivity contribution in [1.82, 2.24) is 5.32 Å². The molecule has 0 saturated carbocycles. The van der Waals surface area contributed by atoms with E-state index >= 15 is 0 Å². The van der Waals surface area contributed by atoms with Crippen LogP contribution in [-0.2, 0) is 19.0 Å². The zero-order valence-corrected chi connectivity index (χ0v) is 11.8. The van der Waals surface area contributed by atoms with E-state index in [0.717, 1.165) is 5.56 Å². The van der Waals surface area contributed by atoms with Crippen molar-refractivity contribution in [2.24, 2.45) is 0 Å². The number of fused-ring (bicyclic) bond motifs is 1. The van der Waals surface area contributed by atoms with Crippen molar-refractivity contribution in [2.75, 3.05) is 13.2 Å². The van der Waals surface area contributed by atoms with E-state index in [2.05, 4.69) is 5.32 Å². The highest BCUT2D eigenvalue weighted by molar-refractivity contribution is 7.86. The lowest BCUT2D eigenvalue weighted by molar-refractivity contribution is 0.0278. The molecule has 2 aliphatic rings. The Labute approximate surface area is 117 Å². The van der Waals surface area contributed by atoms with E-state index in [9.17, 15) is 13.5 Å². The molecule has 0 aromatic heterocycles. The van der Waals surface area contributed by atoms with Gasteiger partial charge in [0, 0.05) is 6.54 Å². The molecule has 0 bridgehead atoms. The molecule has 1 unspecified atom stereocenters. The zero-order chi connectivity index (χ0) is 14.3. The summed E-state index contributed by atoms with van der Waals surface area (Å²) in [6.07, 6.45) is -1.65. The quantitative estimate of drug-likeness (QED) is 0.752. The fourth-order valence-electron chi connectivity index (χ4n) is 2.61. The second-order valence-electron chi connectivity index (χ2n) is 5.20. The number of rotatable bonds is 3. The highest BCUT2D eigenvalue weighted by atomic mass is 32.2. The first kappa shape index (κ1) is 14.0. The van der Waals surface area contributed by atoms with Crippen molar-refractivity contribution in [3.8, 4) is 0 Å². The predicted octanol–water partition coefficient (Wildman–Crippen LogP) is -0.200. The summed E-state index contributed by atoms with van der Waals surface area (Å²) >= 11 is 0. The monoisotopic (exact) mass is 299 g/mol. The van der Waals surface area contributed by atoms with E-state index in [1.807, 2.05) is 6.92 Å². The number of nitrogens with one attached hydrogen (secondary N) is 1. The van der Waals surface area contributed by atoms with E-state index in [-0.39, 0.29) is 17.5 Å². The topological polar surface area (TPSA) is 84.9 Å². The maximum atomic E-state index is 12.2. The second-order valence-corrected chi connectivity index (χ2v) is 6.77. The van der Waals surface area contributed by atoms with Crippen LogP contribution in [0.3, 0.4) is 0 Å². The summed E-state index contributed by atoms with van der Waals surface area (Å²) in [6.45, 7) is 2.43. The molecule has 110 valence electrons. The van der Waals surface area contributed by atoms with E-state index in [1.165, 1.54) is 12.1 Å². The summed E-state index contributed by atoms with van der Waals surface area (Å²) in [6, 6.07) is 6.24. The van der Waals surface area contributed by atoms with Gasteiger partial charge in [0.25, 0.3) is 10.1 Å². The first-order valence-corrected chi connectivity index (χ1v) is 7.91. The number of aryl methyl sites for hydroxylation is 1. The third-order valence-electron chi connectivity index (χ3n) is 3.71. The molecule has 0 spiro atoms. The van der Waals surface area contributed by atoms with Gasteiger partial charge in [-0.3, -0.25) is 4.18 Å². The minimum atomic E-state index is -3.82. The molecule has 1 aromatic rings. The lowest BCUT2D eigenvalue weighted by atomic mass is 10.1. The van der Waals surface area contributed by atoms with E-state index < -0.39 is 28.4 Å². The maximum Gasteiger partial charge on any atom is 0.297 e. The second kappa shape index (κ2) is 5.09. The van der Waals surface area contributed by atoms with Crippen LogP contribution in [0.5, 0.6) is 0 Å². The van der Waals surface area contributed by atoms with Crippen LogP contribution in [0, 0.1) is 6.92 Å². The number of benzene rings is 1. The Kier molecular flexibility index (Phi) is 3.55. The third-order valence-corrected chi connectivity index (χ3v) is 5.06. The number of aliphatic hydroxyl groups is 1. The summed E-state index contributed by atoms with van der Waals surface area (Å²) in [5, 5.41) is 12.7. The minimum Gasteiger partial charge on any atom is -0.389 e. The molecule has 6 nitrogen and oxygen atoms in total. The fraction of sp³-hybridized carbons (Fsp3) is 0.538. The Bertz CT molecular complexity index is 585. The van der Waals surface area contributed by atoms with Crippen molar-refractivity contribution >= 4 is 10.1 Å². The van der Waals surface area contributed by atoms with Crippen molar-refractivity contribution in [2.45, 2.75) is 36.2 Å². The molecule has 0 radical (unpaired) electrons. The molecule has 0 amide bonds. The smallest absolute Gasteiger partial charge is 0.297 e. The van der Waals surface area contributed by atoms with Gasteiger partial charge in [0.05, 0.1) is 23.6 Å². The summed E-state index contributed by atoms with van der Waals surface area (Å²) < 4.78 is 35.1. The summed E-state index contributed by atoms with van der Waals surface area (Å²) in [5.74, 6) is 0. The van der Waals surface area contributed by atoms with Crippen LogP contribution in [0.25, 0.3) is 0 Å². The van der Waals surface area contributed by atoms with Crippen molar-refractivity contribution in [1.29, 1.82) is 0 Å². The largest absolute Gasteiger partial charge is 0.389 e. The third kappa shape index (κ3) is 2.47. The number of hydrogen-bond acceptors (Lipinski definition) is 6. The standard InChI is InChI=1S/C13H17NO5S/c1-8-2-4-9(5-3-8)20(16,17)19-11-6-14-12-10(15)7-18-13(11)12/h2-5,10-15H,6-7H2,1H3/t10-,11+,12?,13+/m0/s1. The number of hydrogen-bond donors (Lipinski definition) is 2. The van der Waals surface area contributed by atoms with Crippen LogP contribution in [0.1, 0.15) is 5.56 Å². The number of aliphatic hydroxyl groups excluding tert-OH is 1. The van der Waals surface area contributed by atoms with Gasteiger partial charge in [-0.25, -0.2) is 0 Å². The fourth-order valence-corrected chi connectivity index (χ4v) is 3.69. The van der Waals surface area contributed by atoms with Gasteiger partial charge in [-0.15, -0.1) is 0 Å². The van der Waals surface area contributed by atoms with E-state index in [4.69, 9.17) is 8.92 Å². The van der Waals surface area contributed by atoms with Gasteiger partial charge < -0.3 is 15.2 Å². The molecule has 4 atom stereocenters. The Morgan fingerprint density at radius 2 is 2.05 bits per heavy atom. The minimum absolute atomic E-state index is 0.130. The Balaban J connectivity index is 1.76. The van der Waals surface area contributed by atoms with Crippen LogP contribution in [-0.4, -0.2) is 51.0 Å². The first-order valence-electron chi connectivity index (χ1n) is 6.50. The van der Waals surface area contributed by atoms with Gasteiger partial charge in [0.15, 0.2) is 0 Å². The van der Waals surface area contributed by atoms with E-state index in [0.29, 0.717) is 6.54 Å². The van der Waals surface area contributed by atoms with Gasteiger partial charge in [-0.05, 0) is 19.1 Å². The molecule has 2 fully saturated rings. The predicted molar refractivity (Wildman–Crippen MR) is 70.8 cm³/mol. The molecule has 20 heavy (non-hydrogen) atoms. The van der Waals surface area contributed by atoms with Crippen LogP contribution in [0.2, 0.25) is 0 Å². The van der Waals surface area contributed by atoms with Crippen LogP contribution >= 0.6 is 0 Å². The molecule has 2 N–H and O–H groups in total. The first-order chi connectivity index (χ1) is 9.47. The Morgan fingerprint density at radius 1 is 1.35 bits per heavy atom. The van der Waals surface area contributed by atoms with Crippen molar-refractivity contribution in [3.63, 3.8) is 0 Å². The zero-order valence-electron chi connectivity index (χ0n) is 11.0. The van der Waals surface area contributed by atoms with Crippen molar-refractivity contribution < 1.29 is 22.4 Å². The average Bonchev–Trinajstić information content (AvgIpc) is 2.95. The van der Waals surface area contributed by atoms with E-state index in [1.54, 1.807) is 12.1 Å². The Morgan fingerprint density at radius 3 is 2.75 bits per heavy atom. The normalized spacial score (nSPS) is 33.3. The SMILES string of the molecule is Cc1ccc(S(=O)(=O)O[C@@H]2CNC3[C@@H](O)CO[C@@H]32)cc1. The molecule has 2 saturated heterocycles. The maximum absolute atomic E-state index is 12.2. The molecule has 1 aromatic carbocycles.